The summed E-state index contributed by atoms with van der Waals surface area (Å²) in [5.41, 5.74) is 0. The minimum atomic E-state index is -1.12. The summed E-state index contributed by atoms with van der Waals surface area (Å²) in [6, 6.07) is -0.818. The van der Waals surface area contributed by atoms with Gasteiger partial charge in [0.05, 0.1) is 20.3 Å². The van der Waals surface area contributed by atoms with Gasteiger partial charge in [-0.25, -0.2) is 9.86 Å². The predicted octanol–water partition coefficient (Wildman–Crippen LogP) is -0.615. The van der Waals surface area contributed by atoms with Gasteiger partial charge in [-0.2, -0.15) is 0 Å². The van der Waals surface area contributed by atoms with Crippen molar-refractivity contribution >= 4 is 12.0 Å². The lowest BCUT2D eigenvalue weighted by atomic mass is 10.2. The van der Waals surface area contributed by atoms with Crippen LogP contribution in [0.2, 0.25) is 0 Å². The normalized spacial score (nSPS) is 21.2. The van der Waals surface area contributed by atoms with E-state index in [2.05, 4.69) is 0 Å². The van der Waals surface area contributed by atoms with Crippen LogP contribution in [0.15, 0.2) is 0 Å². The van der Waals surface area contributed by atoms with Gasteiger partial charge in [-0.15, -0.1) is 0 Å². The molecule has 0 aromatic heterocycles. The molecule has 1 atom stereocenters. The second-order valence-electron chi connectivity index (χ2n) is 3.08. The number of hydrogen-bond acceptors (Lipinski definition) is 4. The molecule has 1 rings (SSSR count). The van der Waals surface area contributed by atoms with Crippen molar-refractivity contribution < 1.29 is 24.3 Å². The Bertz CT molecular complexity index is 257. The number of nitrogens with zero attached hydrogens (tertiary/aromatic N) is 2. The van der Waals surface area contributed by atoms with Gasteiger partial charge in [0.1, 0.15) is 6.04 Å². The highest BCUT2D eigenvalue weighted by Gasteiger charge is 2.34. The first-order chi connectivity index (χ1) is 7.07. The maximum absolute atomic E-state index is 11.7. The number of hydrogen-bond donors (Lipinski definition) is 1. The molecule has 1 heterocycles. The Kier molecular flexibility index (Phi) is 3.87. The summed E-state index contributed by atoms with van der Waals surface area (Å²) in [6.45, 7) is 0.578. The van der Waals surface area contributed by atoms with E-state index in [1.807, 2.05) is 0 Å². The summed E-state index contributed by atoms with van der Waals surface area (Å²) >= 11 is 0. The Hall–Kier alpha value is -1.34. The molecule has 1 aliphatic rings. The Labute approximate surface area is 87.1 Å². The van der Waals surface area contributed by atoms with Crippen molar-refractivity contribution in [1.82, 2.24) is 9.96 Å². The van der Waals surface area contributed by atoms with Crippen molar-refractivity contribution in [2.45, 2.75) is 6.04 Å². The topological polar surface area (TPSA) is 79.3 Å². The van der Waals surface area contributed by atoms with Gasteiger partial charge in [0.25, 0.3) is 5.91 Å². The second-order valence-corrected chi connectivity index (χ2v) is 3.08. The van der Waals surface area contributed by atoms with Crippen LogP contribution >= 0.6 is 0 Å². The Balaban J connectivity index is 2.71. The fraction of sp³-hybridized carbons (Fsp3) is 0.750. The Morgan fingerprint density at radius 2 is 2.27 bits per heavy atom. The van der Waals surface area contributed by atoms with Crippen LogP contribution in [-0.2, 0) is 14.4 Å². The maximum Gasteiger partial charge on any atom is 0.408 e. The van der Waals surface area contributed by atoms with Crippen LogP contribution in [0.1, 0.15) is 0 Å². The van der Waals surface area contributed by atoms with Gasteiger partial charge in [0.2, 0.25) is 0 Å². The molecule has 1 saturated heterocycles. The molecule has 15 heavy (non-hydrogen) atoms. The van der Waals surface area contributed by atoms with Crippen LogP contribution < -0.4 is 0 Å². The van der Waals surface area contributed by atoms with Gasteiger partial charge in [-0.3, -0.25) is 14.5 Å². The lowest BCUT2D eigenvalue weighted by Gasteiger charge is -2.33. The molecule has 0 aromatic rings. The van der Waals surface area contributed by atoms with E-state index in [-0.39, 0.29) is 13.2 Å². The fourth-order valence-corrected chi connectivity index (χ4v) is 1.34. The van der Waals surface area contributed by atoms with Crippen molar-refractivity contribution in [3.8, 4) is 0 Å². The molecule has 0 aliphatic carbocycles. The third-order valence-electron chi connectivity index (χ3n) is 2.24. The molecule has 7 heteroatoms. The number of amides is 2. The van der Waals surface area contributed by atoms with E-state index in [4.69, 9.17) is 14.7 Å². The number of likely N-dealkylation sites (N-methyl/N-ethyl adjacent to an activating group) is 1. The van der Waals surface area contributed by atoms with E-state index >= 15 is 0 Å². The fourth-order valence-electron chi connectivity index (χ4n) is 1.34. The number of rotatable bonds is 2. The van der Waals surface area contributed by atoms with Crippen LogP contribution in [0.3, 0.4) is 0 Å². The molecule has 0 spiro atoms. The van der Waals surface area contributed by atoms with E-state index in [1.54, 1.807) is 0 Å². The van der Waals surface area contributed by atoms with Gasteiger partial charge in [0.15, 0.2) is 0 Å². The summed E-state index contributed by atoms with van der Waals surface area (Å²) in [5, 5.41) is 9.87. The number of morpholine rings is 1. The second kappa shape index (κ2) is 4.94. The van der Waals surface area contributed by atoms with Crippen molar-refractivity contribution in [3.63, 3.8) is 0 Å². The van der Waals surface area contributed by atoms with E-state index in [1.165, 1.54) is 14.2 Å². The van der Waals surface area contributed by atoms with Crippen molar-refractivity contribution in [1.29, 1.82) is 0 Å². The van der Waals surface area contributed by atoms with Gasteiger partial charge in [0, 0.05) is 13.6 Å². The van der Waals surface area contributed by atoms with E-state index in [9.17, 15) is 9.59 Å². The molecule has 1 aliphatic heterocycles. The number of carbonyl (C=O) groups excluding carboxylic acids is 1. The minimum absolute atomic E-state index is 0.0683. The van der Waals surface area contributed by atoms with Crippen LogP contribution in [0.25, 0.3) is 0 Å². The third kappa shape index (κ3) is 2.57. The van der Waals surface area contributed by atoms with Crippen molar-refractivity contribution in [2.75, 3.05) is 33.9 Å². The standard InChI is InChI=1S/C8H14N2O5/c1-9(14-2)7(11)6-5-15-4-3-10(6)8(12)13/h6H,3-5H2,1-2H3,(H,12,13)/t6-/m1/s1. The Morgan fingerprint density at radius 1 is 1.60 bits per heavy atom. The lowest BCUT2D eigenvalue weighted by molar-refractivity contribution is -0.178. The first kappa shape index (κ1) is 11.7. The molecular formula is C8H14N2O5. The molecule has 1 N–H and O–H groups in total. The van der Waals surface area contributed by atoms with E-state index in [0.29, 0.717) is 6.61 Å². The van der Waals surface area contributed by atoms with Crippen LogP contribution in [0, 0.1) is 0 Å². The number of ether oxygens (including phenoxy) is 1. The maximum atomic E-state index is 11.7. The molecule has 7 nitrogen and oxygen atoms in total. The van der Waals surface area contributed by atoms with Crippen LogP contribution in [0.5, 0.6) is 0 Å². The quantitative estimate of drug-likeness (QED) is 0.625. The van der Waals surface area contributed by atoms with Crippen LogP contribution in [-0.4, -0.2) is 67.0 Å². The van der Waals surface area contributed by atoms with Gasteiger partial charge < -0.3 is 9.84 Å². The summed E-state index contributed by atoms with van der Waals surface area (Å²) in [6.07, 6.45) is -1.12. The first-order valence-electron chi connectivity index (χ1n) is 4.47. The molecule has 0 radical (unpaired) electrons. The molecular weight excluding hydrogens is 204 g/mol. The highest BCUT2D eigenvalue weighted by Crippen LogP contribution is 2.09. The highest BCUT2D eigenvalue weighted by atomic mass is 16.7. The van der Waals surface area contributed by atoms with Crippen molar-refractivity contribution in [3.05, 3.63) is 0 Å². The average molecular weight is 218 g/mol. The van der Waals surface area contributed by atoms with Crippen LogP contribution in [0.4, 0.5) is 4.79 Å². The molecule has 0 saturated carbocycles. The summed E-state index contributed by atoms with van der Waals surface area (Å²) in [7, 11) is 2.77. The Morgan fingerprint density at radius 3 is 2.80 bits per heavy atom. The molecule has 86 valence electrons. The number of carboxylic acid groups (broad SMARTS) is 1. The van der Waals surface area contributed by atoms with Gasteiger partial charge in [-0.05, 0) is 0 Å². The lowest BCUT2D eigenvalue weighted by Crippen LogP contribution is -2.55. The third-order valence-corrected chi connectivity index (χ3v) is 2.24. The molecule has 0 aromatic carbocycles. The van der Waals surface area contributed by atoms with E-state index < -0.39 is 18.0 Å². The highest BCUT2D eigenvalue weighted by molar-refractivity contribution is 5.84. The largest absolute Gasteiger partial charge is 0.465 e. The summed E-state index contributed by atoms with van der Waals surface area (Å²) < 4.78 is 5.07. The van der Waals surface area contributed by atoms with Crippen molar-refractivity contribution in [2.24, 2.45) is 0 Å². The number of hydroxylamine groups is 2. The summed E-state index contributed by atoms with van der Waals surface area (Å²) in [4.78, 5) is 28.3. The average Bonchev–Trinajstić information content (AvgIpc) is 2.27. The predicted molar refractivity (Wildman–Crippen MR) is 49.1 cm³/mol. The SMILES string of the molecule is CON(C)C(=O)[C@H]1COCCN1C(=O)O. The molecule has 2 amide bonds. The molecule has 0 bridgehead atoms. The molecule has 0 unspecified atom stereocenters. The monoisotopic (exact) mass is 218 g/mol. The first-order valence-corrected chi connectivity index (χ1v) is 4.47. The smallest absolute Gasteiger partial charge is 0.408 e. The zero-order chi connectivity index (χ0) is 11.4. The van der Waals surface area contributed by atoms with E-state index in [0.717, 1.165) is 9.96 Å². The van der Waals surface area contributed by atoms with Gasteiger partial charge >= 0.3 is 6.09 Å². The minimum Gasteiger partial charge on any atom is -0.465 e. The van der Waals surface area contributed by atoms with Gasteiger partial charge in [-0.1, -0.05) is 0 Å². The molecule has 1 fully saturated rings. The summed E-state index contributed by atoms with van der Waals surface area (Å²) in [5.74, 6) is -0.431. The zero-order valence-corrected chi connectivity index (χ0v) is 8.67. The zero-order valence-electron chi connectivity index (χ0n) is 8.67. The number of carbonyl (C=O) groups is 2.